The number of rotatable bonds is 6. The van der Waals surface area contributed by atoms with Crippen LogP contribution in [-0.4, -0.2) is 9.99 Å². The molecule has 0 fully saturated rings. The van der Waals surface area contributed by atoms with Crippen molar-refractivity contribution in [1.29, 1.82) is 0 Å². The van der Waals surface area contributed by atoms with E-state index < -0.39 is 0 Å². The maximum atomic E-state index is 6.06. The van der Waals surface area contributed by atoms with Gasteiger partial charge in [0.15, 0.2) is 5.22 Å². The van der Waals surface area contributed by atoms with E-state index in [9.17, 15) is 0 Å². The van der Waals surface area contributed by atoms with Crippen LogP contribution in [0, 0.1) is 0 Å². The lowest BCUT2D eigenvalue weighted by Gasteiger charge is -2.16. The van der Waals surface area contributed by atoms with Crippen LogP contribution in [0.2, 0.25) is 5.22 Å². The summed E-state index contributed by atoms with van der Waals surface area (Å²) in [7, 11) is 0. The Morgan fingerprint density at radius 1 is 1.12 bits per heavy atom. The standard InChI is InChI=1S/C19H20ClN5O/c20-18-8-7-15(26-18)10-13-3-5-14(6-4-13)11-25(23)12-17(21)16-2-1-9-24-19(16)22/h1-9,12H,10-11,21,23H2,(H2,22,24)/b17-12-. The molecule has 7 heteroatoms. The number of aromatic nitrogens is 1. The molecule has 6 nitrogen and oxygen atoms in total. The number of halogens is 1. The van der Waals surface area contributed by atoms with E-state index in [4.69, 9.17) is 33.3 Å². The molecule has 0 amide bonds. The number of nitrogen functional groups attached to an aromatic ring is 1. The molecule has 0 unspecified atom stereocenters. The fraction of sp³-hybridized carbons (Fsp3) is 0.105. The lowest BCUT2D eigenvalue weighted by Crippen LogP contribution is -2.25. The Morgan fingerprint density at radius 3 is 2.50 bits per heavy atom. The number of hydrogen-bond acceptors (Lipinski definition) is 6. The van der Waals surface area contributed by atoms with Gasteiger partial charge in [-0.05, 0) is 47.0 Å². The van der Waals surface area contributed by atoms with Crippen LogP contribution in [0.4, 0.5) is 5.82 Å². The van der Waals surface area contributed by atoms with E-state index in [0.29, 0.717) is 35.3 Å². The van der Waals surface area contributed by atoms with Crippen molar-refractivity contribution in [1.82, 2.24) is 9.99 Å². The van der Waals surface area contributed by atoms with Crippen LogP contribution in [0.1, 0.15) is 22.5 Å². The van der Waals surface area contributed by atoms with E-state index in [1.165, 1.54) is 5.01 Å². The Balaban J connectivity index is 1.63. The quantitative estimate of drug-likeness (QED) is 0.455. The highest BCUT2D eigenvalue weighted by Crippen LogP contribution is 2.18. The average molecular weight is 370 g/mol. The van der Waals surface area contributed by atoms with Crippen LogP contribution in [0.5, 0.6) is 0 Å². The highest BCUT2D eigenvalue weighted by Gasteiger charge is 2.06. The van der Waals surface area contributed by atoms with Gasteiger partial charge < -0.3 is 20.9 Å². The average Bonchev–Trinajstić information content (AvgIpc) is 3.01. The molecule has 0 atom stereocenters. The summed E-state index contributed by atoms with van der Waals surface area (Å²) in [5, 5.41) is 1.91. The summed E-state index contributed by atoms with van der Waals surface area (Å²) >= 11 is 5.79. The number of nitrogens with two attached hydrogens (primary N) is 3. The summed E-state index contributed by atoms with van der Waals surface area (Å²) in [6.07, 6.45) is 3.95. The van der Waals surface area contributed by atoms with Gasteiger partial charge >= 0.3 is 0 Å². The smallest absolute Gasteiger partial charge is 0.193 e. The lowest BCUT2D eigenvalue weighted by atomic mass is 10.1. The van der Waals surface area contributed by atoms with Crippen LogP contribution in [-0.2, 0) is 13.0 Å². The Morgan fingerprint density at radius 2 is 1.85 bits per heavy atom. The number of pyridine rings is 1. The van der Waals surface area contributed by atoms with Crippen molar-refractivity contribution in [2.75, 3.05) is 5.73 Å². The largest absolute Gasteiger partial charge is 0.449 e. The third-order valence-corrected chi connectivity index (χ3v) is 4.05. The lowest BCUT2D eigenvalue weighted by molar-refractivity contribution is 0.388. The number of hydrazine groups is 1. The van der Waals surface area contributed by atoms with Crippen molar-refractivity contribution >= 4 is 23.1 Å². The molecule has 134 valence electrons. The maximum Gasteiger partial charge on any atom is 0.193 e. The van der Waals surface area contributed by atoms with Gasteiger partial charge in [0.05, 0.1) is 12.2 Å². The Kier molecular flexibility index (Phi) is 5.46. The first-order valence-corrected chi connectivity index (χ1v) is 8.40. The molecule has 0 aliphatic rings. The van der Waals surface area contributed by atoms with Crippen molar-refractivity contribution < 1.29 is 4.42 Å². The Labute approximate surface area is 156 Å². The summed E-state index contributed by atoms with van der Waals surface area (Å²) < 4.78 is 5.38. The zero-order valence-corrected chi connectivity index (χ0v) is 14.9. The molecular weight excluding hydrogens is 350 g/mol. The number of benzene rings is 1. The van der Waals surface area contributed by atoms with E-state index in [0.717, 1.165) is 16.9 Å². The molecule has 3 aromatic rings. The first-order valence-electron chi connectivity index (χ1n) is 8.03. The van der Waals surface area contributed by atoms with Gasteiger partial charge in [-0.15, -0.1) is 0 Å². The molecule has 3 rings (SSSR count). The Hall–Kier alpha value is -2.96. The predicted molar refractivity (Wildman–Crippen MR) is 104 cm³/mol. The Bertz CT molecular complexity index is 904. The molecule has 0 bridgehead atoms. The maximum absolute atomic E-state index is 6.06. The van der Waals surface area contributed by atoms with E-state index in [-0.39, 0.29) is 0 Å². The summed E-state index contributed by atoms with van der Waals surface area (Å²) in [5.41, 5.74) is 15.2. The minimum atomic E-state index is 0.372. The van der Waals surface area contributed by atoms with Crippen molar-refractivity contribution in [3.05, 3.63) is 88.6 Å². The molecule has 6 N–H and O–H groups in total. The van der Waals surface area contributed by atoms with Gasteiger partial charge in [-0.25, -0.2) is 10.8 Å². The third kappa shape index (κ3) is 4.56. The van der Waals surface area contributed by atoms with E-state index in [2.05, 4.69) is 4.98 Å². The van der Waals surface area contributed by atoms with Crippen molar-refractivity contribution in [2.45, 2.75) is 13.0 Å². The van der Waals surface area contributed by atoms with Gasteiger partial charge in [-0.1, -0.05) is 24.3 Å². The molecule has 0 saturated carbocycles. The fourth-order valence-electron chi connectivity index (χ4n) is 2.58. The van der Waals surface area contributed by atoms with Gasteiger partial charge in [-0.2, -0.15) is 0 Å². The molecule has 0 aliphatic heterocycles. The van der Waals surface area contributed by atoms with Crippen LogP contribution < -0.4 is 17.3 Å². The monoisotopic (exact) mass is 369 g/mol. The van der Waals surface area contributed by atoms with Gasteiger partial charge in [0.25, 0.3) is 0 Å². The summed E-state index contributed by atoms with van der Waals surface area (Å²) in [6, 6.07) is 15.3. The zero-order valence-electron chi connectivity index (χ0n) is 14.1. The highest BCUT2D eigenvalue weighted by molar-refractivity contribution is 6.28. The van der Waals surface area contributed by atoms with Crippen LogP contribution in [0.25, 0.3) is 5.70 Å². The van der Waals surface area contributed by atoms with E-state index in [1.807, 2.05) is 30.3 Å². The molecule has 1 aromatic carbocycles. The molecule has 0 radical (unpaired) electrons. The first kappa shape index (κ1) is 17.8. The molecular formula is C19H20ClN5O. The molecule has 2 aromatic heterocycles. The zero-order chi connectivity index (χ0) is 18.5. The topological polar surface area (TPSA) is 107 Å². The number of hydrogen-bond donors (Lipinski definition) is 3. The van der Waals surface area contributed by atoms with Crippen LogP contribution in [0.15, 0.2) is 65.3 Å². The van der Waals surface area contributed by atoms with Crippen molar-refractivity contribution in [2.24, 2.45) is 11.6 Å². The first-order chi connectivity index (χ1) is 12.5. The molecule has 2 heterocycles. The molecule has 0 aliphatic carbocycles. The van der Waals surface area contributed by atoms with Crippen molar-refractivity contribution in [3.8, 4) is 0 Å². The minimum absolute atomic E-state index is 0.372. The van der Waals surface area contributed by atoms with Gasteiger partial charge in [0.1, 0.15) is 11.6 Å². The van der Waals surface area contributed by atoms with Crippen molar-refractivity contribution in [3.63, 3.8) is 0 Å². The third-order valence-electron chi connectivity index (χ3n) is 3.85. The second-order valence-electron chi connectivity index (χ2n) is 5.89. The van der Waals surface area contributed by atoms with Crippen LogP contribution in [0.3, 0.4) is 0 Å². The SMILES string of the molecule is N/C(=C\N(N)Cc1ccc(Cc2ccc(Cl)o2)cc1)c1cccnc1N. The number of anilines is 1. The minimum Gasteiger partial charge on any atom is -0.449 e. The molecule has 0 saturated heterocycles. The number of furan rings is 1. The second kappa shape index (κ2) is 7.95. The molecule has 26 heavy (non-hydrogen) atoms. The van der Waals surface area contributed by atoms with Crippen LogP contribution >= 0.6 is 11.6 Å². The van der Waals surface area contributed by atoms with Gasteiger partial charge in [0, 0.05) is 24.4 Å². The summed E-state index contributed by atoms with van der Waals surface area (Å²) in [6.45, 7) is 0.508. The highest BCUT2D eigenvalue weighted by atomic mass is 35.5. The van der Waals surface area contributed by atoms with E-state index >= 15 is 0 Å². The normalized spacial score (nSPS) is 11.5. The van der Waals surface area contributed by atoms with E-state index in [1.54, 1.807) is 30.6 Å². The fourth-order valence-corrected chi connectivity index (χ4v) is 2.74. The summed E-state index contributed by atoms with van der Waals surface area (Å²) in [5.74, 6) is 7.24. The summed E-state index contributed by atoms with van der Waals surface area (Å²) in [4.78, 5) is 4.02. The predicted octanol–water partition coefficient (Wildman–Crippen LogP) is 3.13. The van der Waals surface area contributed by atoms with Gasteiger partial charge in [0.2, 0.25) is 0 Å². The molecule has 0 spiro atoms. The number of nitrogens with zero attached hydrogens (tertiary/aromatic N) is 2. The van der Waals surface area contributed by atoms with Gasteiger partial charge in [-0.3, -0.25) is 0 Å². The second-order valence-corrected chi connectivity index (χ2v) is 6.26.